The molecule has 1 heterocycles. The Labute approximate surface area is 156 Å². The van der Waals surface area contributed by atoms with Crippen molar-refractivity contribution in [3.8, 4) is 5.75 Å². The van der Waals surface area contributed by atoms with Gasteiger partial charge in [0.1, 0.15) is 12.4 Å². The second kappa shape index (κ2) is 8.67. The Morgan fingerprint density at radius 2 is 1.73 bits per heavy atom. The number of hydrogen-bond donors (Lipinski definition) is 2. The molecule has 1 aliphatic heterocycles. The van der Waals surface area contributed by atoms with Crippen LogP contribution in [-0.2, 0) is 13.2 Å². The fraction of sp³-hybridized carbons (Fsp3) is 0.455. The number of ether oxygens (including phenoxy) is 1. The summed E-state index contributed by atoms with van der Waals surface area (Å²) in [6.07, 6.45) is 2.16. The van der Waals surface area contributed by atoms with Crippen molar-refractivity contribution < 1.29 is 14.9 Å². The minimum absolute atomic E-state index is 0.156. The Bertz CT molecular complexity index is 718. The van der Waals surface area contributed by atoms with Crippen LogP contribution >= 0.6 is 0 Å². The van der Waals surface area contributed by atoms with E-state index in [-0.39, 0.29) is 6.61 Å². The molecule has 0 aliphatic carbocycles. The molecule has 2 aromatic rings. The SMILES string of the molecule is Cc1ccccc1COc1ccccc1CN1CCC[C@](O)(CO)CC1. The summed E-state index contributed by atoms with van der Waals surface area (Å²) < 4.78 is 6.12. The van der Waals surface area contributed by atoms with E-state index in [1.165, 1.54) is 11.1 Å². The number of aliphatic hydroxyl groups is 2. The van der Waals surface area contributed by atoms with Crippen molar-refractivity contribution in [2.75, 3.05) is 19.7 Å². The van der Waals surface area contributed by atoms with Gasteiger partial charge in [0.2, 0.25) is 0 Å². The van der Waals surface area contributed by atoms with E-state index in [9.17, 15) is 10.2 Å². The lowest BCUT2D eigenvalue weighted by molar-refractivity contribution is -0.0255. The van der Waals surface area contributed by atoms with Crippen LogP contribution in [0.2, 0.25) is 0 Å². The summed E-state index contributed by atoms with van der Waals surface area (Å²) in [7, 11) is 0. The normalized spacial score (nSPS) is 21.3. The number of likely N-dealkylation sites (tertiary alicyclic amines) is 1. The molecular weight excluding hydrogens is 326 g/mol. The topological polar surface area (TPSA) is 52.9 Å². The highest BCUT2D eigenvalue weighted by atomic mass is 16.5. The van der Waals surface area contributed by atoms with Gasteiger partial charge in [-0.3, -0.25) is 4.90 Å². The molecule has 3 rings (SSSR count). The van der Waals surface area contributed by atoms with Gasteiger partial charge >= 0.3 is 0 Å². The molecule has 26 heavy (non-hydrogen) atoms. The lowest BCUT2D eigenvalue weighted by atomic mass is 9.96. The third kappa shape index (κ3) is 4.85. The summed E-state index contributed by atoms with van der Waals surface area (Å²) in [5, 5.41) is 19.7. The third-order valence-electron chi connectivity index (χ3n) is 5.32. The zero-order valence-electron chi connectivity index (χ0n) is 15.5. The number of aliphatic hydroxyl groups excluding tert-OH is 1. The van der Waals surface area contributed by atoms with Crippen LogP contribution in [0, 0.1) is 6.92 Å². The first-order valence-electron chi connectivity index (χ1n) is 9.40. The first kappa shape index (κ1) is 18.9. The highest BCUT2D eigenvalue weighted by molar-refractivity contribution is 5.34. The molecule has 1 aliphatic rings. The Morgan fingerprint density at radius 1 is 1.00 bits per heavy atom. The monoisotopic (exact) mass is 355 g/mol. The second-order valence-corrected chi connectivity index (χ2v) is 7.34. The maximum atomic E-state index is 10.3. The number of hydrogen-bond acceptors (Lipinski definition) is 4. The van der Waals surface area contributed by atoms with Crippen molar-refractivity contribution in [1.82, 2.24) is 4.90 Å². The van der Waals surface area contributed by atoms with Gasteiger partial charge in [0.15, 0.2) is 0 Å². The Kier molecular flexibility index (Phi) is 6.30. The van der Waals surface area contributed by atoms with Crippen LogP contribution in [0.4, 0.5) is 0 Å². The minimum atomic E-state index is -0.921. The van der Waals surface area contributed by atoms with Gasteiger partial charge < -0.3 is 14.9 Å². The molecule has 1 fully saturated rings. The summed E-state index contributed by atoms with van der Waals surface area (Å²) >= 11 is 0. The average molecular weight is 355 g/mol. The summed E-state index contributed by atoms with van der Waals surface area (Å²) in [4.78, 5) is 2.34. The van der Waals surface area contributed by atoms with Crippen molar-refractivity contribution in [2.45, 2.75) is 44.9 Å². The molecule has 0 amide bonds. The van der Waals surface area contributed by atoms with Crippen LogP contribution in [0.3, 0.4) is 0 Å². The molecule has 0 bridgehead atoms. The van der Waals surface area contributed by atoms with Gasteiger partial charge in [-0.15, -0.1) is 0 Å². The van der Waals surface area contributed by atoms with E-state index in [1.807, 2.05) is 30.3 Å². The molecule has 4 nitrogen and oxygen atoms in total. The molecule has 0 saturated carbocycles. The molecule has 0 spiro atoms. The van der Waals surface area contributed by atoms with E-state index >= 15 is 0 Å². The summed E-state index contributed by atoms with van der Waals surface area (Å²) in [5.74, 6) is 0.914. The van der Waals surface area contributed by atoms with Crippen LogP contribution in [0.25, 0.3) is 0 Å². The first-order valence-corrected chi connectivity index (χ1v) is 9.40. The van der Waals surface area contributed by atoms with Gasteiger partial charge in [0.05, 0.1) is 12.2 Å². The largest absolute Gasteiger partial charge is 0.489 e. The maximum Gasteiger partial charge on any atom is 0.124 e. The van der Waals surface area contributed by atoms with Crippen molar-refractivity contribution in [1.29, 1.82) is 0 Å². The van der Waals surface area contributed by atoms with Crippen LogP contribution in [0.1, 0.15) is 36.0 Å². The fourth-order valence-corrected chi connectivity index (χ4v) is 3.49. The Morgan fingerprint density at radius 3 is 2.50 bits per heavy atom. The van der Waals surface area contributed by atoms with Crippen molar-refractivity contribution >= 4 is 0 Å². The van der Waals surface area contributed by atoms with E-state index in [0.29, 0.717) is 19.4 Å². The van der Waals surface area contributed by atoms with Gasteiger partial charge in [0.25, 0.3) is 0 Å². The molecule has 0 unspecified atom stereocenters. The highest BCUT2D eigenvalue weighted by Gasteiger charge is 2.29. The van der Waals surface area contributed by atoms with Gasteiger partial charge in [-0.25, -0.2) is 0 Å². The van der Waals surface area contributed by atoms with Crippen molar-refractivity contribution in [3.05, 3.63) is 65.2 Å². The zero-order chi connectivity index (χ0) is 18.4. The number of rotatable bonds is 6. The number of para-hydroxylation sites is 1. The van der Waals surface area contributed by atoms with E-state index in [2.05, 4.69) is 30.0 Å². The summed E-state index contributed by atoms with van der Waals surface area (Å²) in [6, 6.07) is 16.5. The highest BCUT2D eigenvalue weighted by Crippen LogP contribution is 2.26. The number of nitrogens with zero attached hydrogens (tertiary/aromatic N) is 1. The second-order valence-electron chi connectivity index (χ2n) is 7.34. The number of aryl methyl sites for hydroxylation is 1. The molecular formula is C22H29NO3. The number of benzene rings is 2. The van der Waals surface area contributed by atoms with Crippen LogP contribution in [-0.4, -0.2) is 40.4 Å². The molecule has 0 radical (unpaired) electrons. The van der Waals surface area contributed by atoms with Gasteiger partial charge in [-0.05, 0) is 49.9 Å². The zero-order valence-corrected chi connectivity index (χ0v) is 15.5. The smallest absolute Gasteiger partial charge is 0.124 e. The molecule has 2 aromatic carbocycles. The van der Waals surface area contributed by atoms with Crippen LogP contribution in [0.15, 0.2) is 48.5 Å². The lowest BCUT2D eigenvalue weighted by Gasteiger charge is -2.25. The van der Waals surface area contributed by atoms with E-state index in [0.717, 1.165) is 37.4 Å². The van der Waals surface area contributed by atoms with E-state index < -0.39 is 5.60 Å². The van der Waals surface area contributed by atoms with Gasteiger partial charge in [0, 0.05) is 18.7 Å². The van der Waals surface area contributed by atoms with Gasteiger partial charge in [-0.1, -0.05) is 42.5 Å². The van der Waals surface area contributed by atoms with Gasteiger partial charge in [-0.2, -0.15) is 0 Å². The van der Waals surface area contributed by atoms with Crippen LogP contribution in [0.5, 0.6) is 5.75 Å². The predicted octanol–water partition coefficient (Wildman–Crippen LogP) is 3.28. The predicted molar refractivity (Wildman–Crippen MR) is 103 cm³/mol. The Balaban J connectivity index is 1.65. The van der Waals surface area contributed by atoms with E-state index in [1.54, 1.807) is 0 Å². The minimum Gasteiger partial charge on any atom is -0.489 e. The summed E-state index contributed by atoms with van der Waals surface area (Å²) in [6.45, 7) is 5.01. The summed E-state index contributed by atoms with van der Waals surface area (Å²) in [5.41, 5.74) is 2.68. The average Bonchev–Trinajstić information content (AvgIpc) is 2.84. The lowest BCUT2D eigenvalue weighted by Crippen LogP contribution is -2.34. The fourth-order valence-electron chi connectivity index (χ4n) is 3.49. The standard InChI is InChI=1S/C22H29NO3/c1-18-7-2-3-9-20(18)16-26-21-10-5-4-8-19(21)15-23-13-6-11-22(25,17-24)12-14-23/h2-5,7-10,24-25H,6,11-17H2,1H3/t22-/m1/s1. The van der Waals surface area contributed by atoms with E-state index in [4.69, 9.17) is 4.74 Å². The van der Waals surface area contributed by atoms with Crippen molar-refractivity contribution in [3.63, 3.8) is 0 Å². The molecule has 140 valence electrons. The van der Waals surface area contributed by atoms with Crippen LogP contribution < -0.4 is 4.74 Å². The Hall–Kier alpha value is -1.88. The molecule has 2 N–H and O–H groups in total. The molecule has 0 aromatic heterocycles. The molecule has 1 atom stereocenters. The first-order chi connectivity index (χ1) is 12.6. The molecule has 4 heteroatoms. The quantitative estimate of drug-likeness (QED) is 0.835. The van der Waals surface area contributed by atoms with Crippen molar-refractivity contribution in [2.24, 2.45) is 0 Å². The maximum absolute atomic E-state index is 10.3. The molecule has 1 saturated heterocycles. The third-order valence-corrected chi connectivity index (χ3v) is 5.32.